The van der Waals surface area contributed by atoms with Gasteiger partial charge < -0.3 is 14.9 Å². The maximum atomic E-state index is 10.2. The van der Waals surface area contributed by atoms with Crippen LogP contribution in [0.15, 0.2) is 36.4 Å². The summed E-state index contributed by atoms with van der Waals surface area (Å²) in [5.41, 5.74) is 2.65. The molecule has 0 radical (unpaired) electrons. The summed E-state index contributed by atoms with van der Waals surface area (Å²) in [7, 11) is 1.47. The topological polar surface area (TPSA) is 49.7 Å². The fraction of sp³-hybridized carbons (Fsp3) is 0.250. The summed E-state index contributed by atoms with van der Waals surface area (Å²) < 4.78 is 5.11. The molecule has 0 aromatic heterocycles. The molecule has 0 spiro atoms. The Morgan fingerprint density at radius 1 is 1.05 bits per heavy atom. The summed E-state index contributed by atoms with van der Waals surface area (Å²) >= 11 is 0. The highest BCUT2D eigenvalue weighted by atomic mass is 16.5. The van der Waals surface area contributed by atoms with Gasteiger partial charge in [0.1, 0.15) is 0 Å². The first-order valence-electron chi connectivity index (χ1n) is 6.36. The maximum Gasteiger partial charge on any atom is 0.200 e. The third-order valence-electron chi connectivity index (χ3n) is 3.15. The minimum absolute atomic E-state index is 0.0833. The Balaban J connectivity index is 2.67. The number of hydrogen-bond acceptors (Lipinski definition) is 3. The van der Waals surface area contributed by atoms with E-state index in [0.29, 0.717) is 6.42 Å². The van der Waals surface area contributed by atoms with E-state index in [4.69, 9.17) is 4.74 Å². The standard InChI is InChI=1S/C16H18O3/c1-3-7-12-13(11-8-5-4-6-9-11)10-14(19-2)16(18)15(12)17/h4-6,8-10,17-18H,3,7H2,1-2H3. The number of hydrogen-bond donors (Lipinski definition) is 2. The molecule has 2 rings (SSSR count). The normalized spacial score (nSPS) is 10.4. The lowest BCUT2D eigenvalue weighted by Gasteiger charge is -2.15. The summed E-state index contributed by atoms with van der Waals surface area (Å²) in [4.78, 5) is 0. The monoisotopic (exact) mass is 258 g/mol. The molecule has 0 fully saturated rings. The van der Waals surface area contributed by atoms with Gasteiger partial charge in [-0.05, 0) is 23.6 Å². The maximum absolute atomic E-state index is 10.2. The van der Waals surface area contributed by atoms with Crippen LogP contribution in [0.1, 0.15) is 18.9 Å². The van der Waals surface area contributed by atoms with Crippen LogP contribution < -0.4 is 4.74 Å². The lowest BCUT2D eigenvalue weighted by Crippen LogP contribution is -1.94. The van der Waals surface area contributed by atoms with Crippen molar-refractivity contribution in [1.82, 2.24) is 0 Å². The quantitative estimate of drug-likeness (QED) is 0.822. The zero-order chi connectivity index (χ0) is 13.8. The molecule has 0 unspecified atom stereocenters. The third-order valence-corrected chi connectivity index (χ3v) is 3.15. The SMILES string of the molecule is CCCc1c(-c2ccccc2)cc(OC)c(O)c1O. The van der Waals surface area contributed by atoms with Gasteiger partial charge in [0.05, 0.1) is 7.11 Å². The first-order chi connectivity index (χ1) is 9.19. The van der Waals surface area contributed by atoms with Crippen LogP contribution in [0.3, 0.4) is 0 Å². The van der Waals surface area contributed by atoms with Gasteiger partial charge in [-0.25, -0.2) is 0 Å². The second-order valence-corrected chi connectivity index (χ2v) is 4.42. The van der Waals surface area contributed by atoms with E-state index in [1.54, 1.807) is 6.07 Å². The average molecular weight is 258 g/mol. The number of benzene rings is 2. The predicted molar refractivity (Wildman–Crippen MR) is 75.8 cm³/mol. The Morgan fingerprint density at radius 3 is 2.32 bits per heavy atom. The fourth-order valence-corrected chi connectivity index (χ4v) is 2.21. The van der Waals surface area contributed by atoms with Gasteiger partial charge in [-0.2, -0.15) is 0 Å². The largest absolute Gasteiger partial charge is 0.504 e. The molecule has 0 heterocycles. The van der Waals surface area contributed by atoms with Crippen molar-refractivity contribution >= 4 is 0 Å². The molecule has 0 aliphatic rings. The lowest BCUT2D eigenvalue weighted by atomic mass is 9.95. The molecule has 2 aromatic carbocycles. The van der Waals surface area contributed by atoms with Gasteiger partial charge in [-0.1, -0.05) is 43.7 Å². The van der Waals surface area contributed by atoms with Gasteiger partial charge in [0.25, 0.3) is 0 Å². The lowest BCUT2D eigenvalue weighted by molar-refractivity contribution is 0.349. The highest BCUT2D eigenvalue weighted by molar-refractivity contribution is 5.75. The Bertz CT molecular complexity index is 562. The van der Waals surface area contributed by atoms with Crippen LogP contribution in [0, 0.1) is 0 Å². The van der Waals surface area contributed by atoms with Crippen molar-refractivity contribution in [2.45, 2.75) is 19.8 Å². The summed E-state index contributed by atoms with van der Waals surface area (Å²) in [5.74, 6) is 0.0156. The summed E-state index contributed by atoms with van der Waals surface area (Å²) in [6, 6.07) is 11.6. The highest BCUT2D eigenvalue weighted by Gasteiger charge is 2.17. The van der Waals surface area contributed by atoms with Crippen LogP contribution in [-0.4, -0.2) is 17.3 Å². The van der Waals surface area contributed by atoms with Gasteiger partial charge in [0, 0.05) is 5.56 Å². The summed E-state index contributed by atoms with van der Waals surface area (Å²) in [6.07, 6.45) is 1.59. The smallest absolute Gasteiger partial charge is 0.200 e. The van der Waals surface area contributed by atoms with Crippen molar-refractivity contribution in [1.29, 1.82) is 0 Å². The molecule has 3 nitrogen and oxygen atoms in total. The minimum atomic E-state index is -0.189. The van der Waals surface area contributed by atoms with Gasteiger partial charge in [0.2, 0.25) is 5.75 Å². The minimum Gasteiger partial charge on any atom is -0.504 e. The number of rotatable bonds is 4. The molecular weight excluding hydrogens is 240 g/mol. The number of aromatic hydroxyl groups is 2. The van der Waals surface area contributed by atoms with E-state index in [2.05, 4.69) is 0 Å². The molecular formula is C16H18O3. The molecule has 2 N–H and O–H groups in total. The Hall–Kier alpha value is -2.16. The molecule has 0 aliphatic carbocycles. The first-order valence-corrected chi connectivity index (χ1v) is 6.36. The number of phenols is 2. The average Bonchev–Trinajstić information content (AvgIpc) is 2.45. The third kappa shape index (κ3) is 2.50. The number of methoxy groups -OCH3 is 1. The van der Waals surface area contributed by atoms with Crippen molar-refractivity contribution in [3.05, 3.63) is 42.0 Å². The van der Waals surface area contributed by atoms with Crippen LogP contribution in [0.25, 0.3) is 11.1 Å². The zero-order valence-corrected chi connectivity index (χ0v) is 11.2. The fourth-order valence-electron chi connectivity index (χ4n) is 2.21. The zero-order valence-electron chi connectivity index (χ0n) is 11.2. The molecule has 0 bridgehead atoms. The molecule has 0 atom stereocenters. The molecule has 2 aromatic rings. The van der Waals surface area contributed by atoms with Crippen molar-refractivity contribution in [2.24, 2.45) is 0 Å². The van der Waals surface area contributed by atoms with Crippen molar-refractivity contribution < 1.29 is 14.9 Å². The van der Waals surface area contributed by atoms with E-state index in [1.165, 1.54) is 7.11 Å². The van der Waals surface area contributed by atoms with Gasteiger partial charge in [0.15, 0.2) is 11.5 Å². The van der Waals surface area contributed by atoms with E-state index in [0.717, 1.165) is 23.1 Å². The molecule has 3 heteroatoms. The van der Waals surface area contributed by atoms with Crippen molar-refractivity contribution in [3.8, 4) is 28.4 Å². The Morgan fingerprint density at radius 2 is 1.74 bits per heavy atom. The summed E-state index contributed by atoms with van der Waals surface area (Å²) in [6.45, 7) is 2.04. The van der Waals surface area contributed by atoms with E-state index in [9.17, 15) is 10.2 Å². The molecule has 100 valence electrons. The molecule has 0 aliphatic heterocycles. The Kier molecular flexibility index (Phi) is 3.95. The number of phenolic OH excluding ortho intramolecular Hbond substituents is 2. The molecule has 19 heavy (non-hydrogen) atoms. The van der Waals surface area contributed by atoms with Crippen LogP contribution >= 0.6 is 0 Å². The van der Waals surface area contributed by atoms with Crippen LogP contribution in [0.2, 0.25) is 0 Å². The number of ether oxygens (including phenoxy) is 1. The molecule has 0 saturated carbocycles. The second-order valence-electron chi connectivity index (χ2n) is 4.42. The van der Waals surface area contributed by atoms with Crippen molar-refractivity contribution in [3.63, 3.8) is 0 Å². The van der Waals surface area contributed by atoms with E-state index in [1.807, 2.05) is 37.3 Å². The van der Waals surface area contributed by atoms with Gasteiger partial charge in [-0.15, -0.1) is 0 Å². The van der Waals surface area contributed by atoms with E-state index < -0.39 is 0 Å². The van der Waals surface area contributed by atoms with Crippen LogP contribution in [-0.2, 0) is 6.42 Å². The van der Waals surface area contributed by atoms with Crippen LogP contribution in [0.4, 0.5) is 0 Å². The van der Waals surface area contributed by atoms with Gasteiger partial charge in [-0.3, -0.25) is 0 Å². The van der Waals surface area contributed by atoms with Crippen molar-refractivity contribution in [2.75, 3.05) is 7.11 Å². The van der Waals surface area contributed by atoms with E-state index in [-0.39, 0.29) is 17.2 Å². The second kappa shape index (κ2) is 5.65. The Labute approximate surface area is 113 Å². The predicted octanol–water partition coefficient (Wildman–Crippen LogP) is 3.73. The molecule has 0 amide bonds. The first kappa shape index (κ1) is 13.3. The van der Waals surface area contributed by atoms with Gasteiger partial charge >= 0.3 is 0 Å². The van der Waals surface area contributed by atoms with Crippen LogP contribution in [0.5, 0.6) is 17.2 Å². The summed E-state index contributed by atoms with van der Waals surface area (Å²) in [5, 5.41) is 20.1. The van der Waals surface area contributed by atoms with E-state index >= 15 is 0 Å². The highest BCUT2D eigenvalue weighted by Crippen LogP contribution is 2.44. The molecule has 0 saturated heterocycles.